The molecule has 1 aromatic rings. The minimum absolute atomic E-state index is 0.212. The monoisotopic (exact) mass is 246 g/mol. The SMILES string of the molecule is Cc1cc(C#N)cc(N2CCC(N)(C(=O)O)C2)n1. The molecule has 0 bridgehead atoms. The predicted molar refractivity (Wildman–Crippen MR) is 65.1 cm³/mol. The molecule has 0 spiro atoms. The number of nitrogens with zero attached hydrogens (tertiary/aromatic N) is 3. The van der Waals surface area contributed by atoms with Gasteiger partial charge in [-0.25, -0.2) is 4.98 Å². The second-order valence-electron chi connectivity index (χ2n) is 4.60. The highest BCUT2D eigenvalue weighted by atomic mass is 16.4. The van der Waals surface area contributed by atoms with Crippen LogP contribution in [0.3, 0.4) is 0 Å². The average Bonchev–Trinajstić information content (AvgIpc) is 2.72. The number of carboxylic acid groups (broad SMARTS) is 1. The van der Waals surface area contributed by atoms with Crippen molar-refractivity contribution in [1.29, 1.82) is 5.26 Å². The van der Waals surface area contributed by atoms with Crippen molar-refractivity contribution in [1.82, 2.24) is 4.98 Å². The second kappa shape index (κ2) is 4.27. The van der Waals surface area contributed by atoms with E-state index in [1.165, 1.54) is 0 Å². The number of aromatic nitrogens is 1. The molecule has 0 aliphatic carbocycles. The van der Waals surface area contributed by atoms with Crippen LogP contribution in [0.1, 0.15) is 17.7 Å². The molecule has 0 radical (unpaired) electrons. The van der Waals surface area contributed by atoms with Gasteiger partial charge in [0.1, 0.15) is 11.4 Å². The average molecular weight is 246 g/mol. The van der Waals surface area contributed by atoms with Crippen molar-refractivity contribution in [3.05, 3.63) is 23.4 Å². The molecule has 1 aliphatic heterocycles. The van der Waals surface area contributed by atoms with E-state index in [0.717, 1.165) is 5.69 Å². The number of anilines is 1. The number of hydrogen-bond donors (Lipinski definition) is 2. The Balaban J connectivity index is 2.27. The van der Waals surface area contributed by atoms with Crippen LogP contribution in [0.25, 0.3) is 0 Å². The molecule has 1 fully saturated rings. The Bertz CT molecular complexity index is 537. The minimum Gasteiger partial charge on any atom is -0.480 e. The fourth-order valence-electron chi connectivity index (χ4n) is 2.08. The number of nitrogens with two attached hydrogens (primary N) is 1. The van der Waals surface area contributed by atoms with E-state index in [1.54, 1.807) is 19.1 Å². The van der Waals surface area contributed by atoms with E-state index in [4.69, 9.17) is 16.1 Å². The maximum atomic E-state index is 11.1. The van der Waals surface area contributed by atoms with Crippen LogP contribution in [0.15, 0.2) is 12.1 Å². The number of rotatable bonds is 2. The third-order valence-electron chi connectivity index (χ3n) is 3.12. The van der Waals surface area contributed by atoms with E-state index in [0.29, 0.717) is 24.3 Å². The maximum Gasteiger partial charge on any atom is 0.325 e. The number of pyridine rings is 1. The first kappa shape index (κ1) is 12.3. The summed E-state index contributed by atoms with van der Waals surface area (Å²) in [6, 6.07) is 5.40. The predicted octanol–water partition coefficient (Wildman–Crippen LogP) is 0.254. The summed E-state index contributed by atoms with van der Waals surface area (Å²) < 4.78 is 0. The number of nitriles is 1. The molecule has 6 heteroatoms. The number of carboxylic acids is 1. The van der Waals surface area contributed by atoms with Crippen LogP contribution in [0.2, 0.25) is 0 Å². The number of carbonyl (C=O) groups is 1. The fourth-order valence-corrected chi connectivity index (χ4v) is 2.08. The molecule has 3 N–H and O–H groups in total. The zero-order valence-electron chi connectivity index (χ0n) is 10.1. The van der Waals surface area contributed by atoms with Crippen molar-refractivity contribution in [3.63, 3.8) is 0 Å². The van der Waals surface area contributed by atoms with E-state index in [1.807, 2.05) is 4.90 Å². The lowest BCUT2D eigenvalue weighted by Gasteiger charge is -2.21. The van der Waals surface area contributed by atoms with Crippen molar-refractivity contribution >= 4 is 11.8 Å². The molecule has 2 rings (SSSR count). The second-order valence-corrected chi connectivity index (χ2v) is 4.60. The molecular formula is C12H14N4O2. The number of hydrogen-bond acceptors (Lipinski definition) is 5. The first-order chi connectivity index (χ1) is 8.44. The molecule has 2 heterocycles. The molecule has 0 amide bonds. The van der Waals surface area contributed by atoms with Crippen LogP contribution in [0.5, 0.6) is 0 Å². The maximum absolute atomic E-state index is 11.1. The van der Waals surface area contributed by atoms with Crippen LogP contribution in [-0.2, 0) is 4.79 Å². The van der Waals surface area contributed by atoms with E-state index in [-0.39, 0.29) is 6.54 Å². The van der Waals surface area contributed by atoms with Gasteiger partial charge in [0.15, 0.2) is 0 Å². The number of aliphatic carboxylic acids is 1. The standard InChI is InChI=1S/C12H14N4O2/c1-8-4-9(6-13)5-10(15-8)16-3-2-12(14,7-16)11(17)18/h4-5H,2-3,7,14H2,1H3,(H,17,18). The summed E-state index contributed by atoms with van der Waals surface area (Å²) in [5.41, 5.74) is 5.83. The lowest BCUT2D eigenvalue weighted by molar-refractivity contribution is -0.142. The first-order valence-electron chi connectivity index (χ1n) is 5.61. The van der Waals surface area contributed by atoms with E-state index >= 15 is 0 Å². The molecule has 1 atom stereocenters. The molecule has 1 aliphatic rings. The van der Waals surface area contributed by atoms with Gasteiger partial charge in [0.2, 0.25) is 0 Å². The molecule has 1 aromatic heterocycles. The quantitative estimate of drug-likeness (QED) is 0.775. The summed E-state index contributed by atoms with van der Waals surface area (Å²) in [5.74, 6) is -0.390. The highest BCUT2D eigenvalue weighted by molar-refractivity contribution is 5.80. The van der Waals surface area contributed by atoms with E-state index in [9.17, 15) is 4.79 Å². The normalized spacial score (nSPS) is 22.8. The van der Waals surface area contributed by atoms with Crippen molar-refractivity contribution in [3.8, 4) is 6.07 Å². The highest BCUT2D eigenvalue weighted by Gasteiger charge is 2.41. The Hall–Kier alpha value is -2.13. The van der Waals surface area contributed by atoms with Crippen molar-refractivity contribution in [2.75, 3.05) is 18.0 Å². The largest absolute Gasteiger partial charge is 0.480 e. The van der Waals surface area contributed by atoms with Crippen LogP contribution in [-0.4, -0.2) is 34.7 Å². The van der Waals surface area contributed by atoms with Gasteiger partial charge >= 0.3 is 5.97 Å². The lowest BCUT2D eigenvalue weighted by Crippen LogP contribution is -2.50. The van der Waals surface area contributed by atoms with Crippen molar-refractivity contribution < 1.29 is 9.90 Å². The lowest BCUT2D eigenvalue weighted by atomic mass is 10.0. The molecular weight excluding hydrogens is 232 g/mol. The zero-order chi connectivity index (χ0) is 13.3. The minimum atomic E-state index is -1.22. The summed E-state index contributed by atoms with van der Waals surface area (Å²) in [7, 11) is 0. The van der Waals surface area contributed by atoms with Crippen molar-refractivity contribution in [2.24, 2.45) is 5.73 Å². The van der Waals surface area contributed by atoms with Crippen LogP contribution in [0.4, 0.5) is 5.82 Å². The molecule has 18 heavy (non-hydrogen) atoms. The molecule has 1 saturated heterocycles. The molecule has 94 valence electrons. The summed E-state index contributed by atoms with van der Waals surface area (Å²) in [5, 5.41) is 18.0. The molecule has 0 aromatic carbocycles. The van der Waals surface area contributed by atoms with E-state index < -0.39 is 11.5 Å². The first-order valence-corrected chi connectivity index (χ1v) is 5.61. The van der Waals surface area contributed by atoms with Gasteiger partial charge in [-0.2, -0.15) is 5.26 Å². The zero-order valence-corrected chi connectivity index (χ0v) is 10.1. The van der Waals surface area contributed by atoms with E-state index in [2.05, 4.69) is 11.1 Å². The Morgan fingerprint density at radius 2 is 2.39 bits per heavy atom. The Labute approximate surface area is 105 Å². The van der Waals surface area contributed by atoms with Gasteiger partial charge in [0.25, 0.3) is 0 Å². The van der Waals surface area contributed by atoms with Gasteiger partial charge in [-0.15, -0.1) is 0 Å². The van der Waals surface area contributed by atoms with Gasteiger partial charge < -0.3 is 15.7 Å². The van der Waals surface area contributed by atoms with Gasteiger partial charge in [0, 0.05) is 18.8 Å². The van der Waals surface area contributed by atoms with Gasteiger partial charge in [-0.1, -0.05) is 0 Å². The summed E-state index contributed by atoms with van der Waals surface area (Å²) in [4.78, 5) is 17.2. The molecule has 1 unspecified atom stereocenters. The highest BCUT2D eigenvalue weighted by Crippen LogP contribution is 2.25. The fraction of sp³-hybridized carbons (Fsp3) is 0.417. The van der Waals surface area contributed by atoms with Gasteiger partial charge in [-0.05, 0) is 25.5 Å². The van der Waals surface area contributed by atoms with Crippen molar-refractivity contribution in [2.45, 2.75) is 18.9 Å². The Morgan fingerprint density at radius 1 is 1.67 bits per heavy atom. The Kier molecular flexibility index (Phi) is 2.93. The summed E-state index contributed by atoms with van der Waals surface area (Å²) in [6.45, 7) is 2.54. The molecule has 0 saturated carbocycles. The third-order valence-corrected chi connectivity index (χ3v) is 3.12. The topological polar surface area (TPSA) is 103 Å². The summed E-state index contributed by atoms with van der Waals surface area (Å²) in [6.07, 6.45) is 0.375. The van der Waals surface area contributed by atoms with Gasteiger partial charge in [-0.3, -0.25) is 4.79 Å². The Morgan fingerprint density at radius 3 is 2.94 bits per heavy atom. The van der Waals surface area contributed by atoms with Crippen LogP contribution >= 0.6 is 0 Å². The number of aryl methyl sites for hydroxylation is 1. The van der Waals surface area contributed by atoms with Gasteiger partial charge in [0.05, 0.1) is 11.6 Å². The summed E-state index contributed by atoms with van der Waals surface area (Å²) >= 11 is 0. The van der Waals surface area contributed by atoms with Crippen LogP contribution < -0.4 is 10.6 Å². The smallest absolute Gasteiger partial charge is 0.325 e. The third kappa shape index (κ3) is 2.13. The van der Waals surface area contributed by atoms with Crippen LogP contribution in [0, 0.1) is 18.3 Å². The molecule has 6 nitrogen and oxygen atoms in total.